The number of quaternary nitrogens is 1. The Bertz CT molecular complexity index is 1120. The first kappa shape index (κ1) is 15.0. The smallest absolute Gasteiger partial charge is 0.231 e. The summed E-state index contributed by atoms with van der Waals surface area (Å²) in [5, 5.41) is 2.31. The van der Waals surface area contributed by atoms with Gasteiger partial charge in [-0.3, -0.25) is 4.90 Å². The molecule has 3 aromatic rings. The molecule has 1 unspecified atom stereocenters. The quantitative estimate of drug-likeness (QED) is 0.719. The summed E-state index contributed by atoms with van der Waals surface area (Å²) in [6.07, 6.45) is 0. The maximum atomic E-state index is 5.78. The molecule has 3 aromatic carbocycles. The Morgan fingerprint density at radius 2 is 1.70 bits per heavy atom. The van der Waals surface area contributed by atoms with Crippen molar-refractivity contribution in [3.63, 3.8) is 0 Å². The van der Waals surface area contributed by atoms with E-state index in [9.17, 15) is 0 Å². The van der Waals surface area contributed by atoms with Gasteiger partial charge in [-0.25, -0.2) is 0 Å². The normalized spacial score (nSPS) is 18.4. The number of rotatable bonds is 1. The fraction of sp³-hybridized carbons (Fsp3) is 0.238. The van der Waals surface area contributed by atoms with Gasteiger partial charge in [0.2, 0.25) is 13.6 Å². The molecule has 0 saturated heterocycles. The highest BCUT2D eigenvalue weighted by Gasteiger charge is 2.35. The highest BCUT2D eigenvalue weighted by atomic mass is 16.7. The van der Waals surface area contributed by atoms with Crippen LogP contribution in [0, 0.1) is 0 Å². The average molecular weight is 364 g/mol. The molecule has 1 N–H and O–H groups in total. The van der Waals surface area contributed by atoms with Gasteiger partial charge in [0.05, 0.1) is 19.7 Å². The van der Waals surface area contributed by atoms with Crippen LogP contribution in [0.2, 0.25) is 0 Å². The van der Waals surface area contributed by atoms with E-state index in [0.717, 1.165) is 57.4 Å². The summed E-state index contributed by atoms with van der Waals surface area (Å²) in [6, 6.07) is 10.4. The standard InChI is InChI=1S/C21H17NO5/c1-22-8-14-19(17(23-2)7-18-21(14)27-10-26-18)12-4-3-11-5-15-16(25-9-24-15)6-13(11)20(12)22/h3-7H,8-10H2,1-2H3/p+1. The lowest BCUT2D eigenvalue weighted by Gasteiger charge is -2.28. The molecule has 1 atom stereocenters. The van der Waals surface area contributed by atoms with Gasteiger partial charge in [-0.1, -0.05) is 6.07 Å². The van der Waals surface area contributed by atoms with Gasteiger partial charge in [-0.05, 0) is 23.6 Å². The lowest BCUT2D eigenvalue weighted by molar-refractivity contribution is -0.824. The van der Waals surface area contributed by atoms with Crippen molar-refractivity contribution in [1.82, 2.24) is 0 Å². The summed E-state index contributed by atoms with van der Waals surface area (Å²) < 4.78 is 28.3. The van der Waals surface area contributed by atoms with Crippen LogP contribution in [0.3, 0.4) is 0 Å². The second kappa shape index (κ2) is 5.20. The van der Waals surface area contributed by atoms with Crippen molar-refractivity contribution in [3.8, 4) is 39.9 Å². The third kappa shape index (κ3) is 1.93. The van der Waals surface area contributed by atoms with Crippen LogP contribution in [0.25, 0.3) is 21.9 Å². The minimum absolute atomic E-state index is 0.252. The van der Waals surface area contributed by atoms with Crippen LogP contribution in [-0.2, 0) is 6.54 Å². The monoisotopic (exact) mass is 364 g/mol. The van der Waals surface area contributed by atoms with Crippen LogP contribution in [-0.4, -0.2) is 27.7 Å². The number of benzene rings is 3. The lowest BCUT2D eigenvalue weighted by atomic mass is 9.89. The van der Waals surface area contributed by atoms with E-state index in [2.05, 4.69) is 31.3 Å². The van der Waals surface area contributed by atoms with Gasteiger partial charge in [0.15, 0.2) is 23.0 Å². The summed E-state index contributed by atoms with van der Waals surface area (Å²) in [7, 11) is 3.87. The van der Waals surface area contributed by atoms with E-state index in [1.54, 1.807) is 7.11 Å². The van der Waals surface area contributed by atoms with Crippen molar-refractivity contribution in [2.75, 3.05) is 27.7 Å². The third-order valence-electron chi connectivity index (χ3n) is 5.60. The largest absolute Gasteiger partial charge is 0.496 e. The number of nitrogens with one attached hydrogen (secondary N) is 1. The minimum atomic E-state index is 0.252. The highest BCUT2D eigenvalue weighted by molar-refractivity contribution is 6.02. The second-order valence-electron chi connectivity index (χ2n) is 7.04. The Labute approximate surface area is 155 Å². The van der Waals surface area contributed by atoms with Crippen LogP contribution in [0.5, 0.6) is 28.7 Å². The molecule has 0 aromatic heterocycles. The molecule has 27 heavy (non-hydrogen) atoms. The van der Waals surface area contributed by atoms with Gasteiger partial charge >= 0.3 is 0 Å². The van der Waals surface area contributed by atoms with Crippen LogP contribution < -0.4 is 28.6 Å². The topological polar surface area (TPSA) is 50.6 Å². The predicted molar refractivity (Wildman–Crippen MR) is 98.4 cm³/mol. The molecule has 6 rings (SSSR count). The molecule has 3 aliphatic rings. The Balaban J connectivity index is 1.68. The number of fused-ring (bicyclic) bond motifs is 8. The molecular formula is C21H18NO5+. The van der Waals surface area contributed by atoms with Gasteiger partial charge in [-0.15, -0.1) is 0 Å². The Kier molecular flexibility index (Phi) is 2.89. The van der Waals surface area contributed by atoms with Crippen LogP contribution >= 0.6 is 0 Å². The minimum Gasteiger partial charge on any atom is -0.496 e. The van der Waals surface area contributed by atoms with Gasteiger partial charge < -0.3 is 23.7 Å². The summed E-state index contributed by atoms with van der Waals surface area (Å²) in [6.45, 7) is 1.32. The maximum Gasteiger partial charge on any atom is 0.231 e. The zero-order valence-corrected chi connectivity index (χ0v) is 15.0. The summed E-state index contributed by atoms with van der Waals surface area (Å²) in [5.74, 6) is 4.00. The molecule has 6 heteroatoms. The fourth-order valence-corrected chi connectivity index (χ4v) is 4.45. The van der Waals surface area contributed by atoms with Crippen molar-refractivity contribution < 1.29 is 28.6 Å². The van der Waals surface area contributed by atoms with Gasteiger partial charge in [-0.2, -0.15) is 0 Å². The van der Waals surface area contributed by atoms with E-state index in [4.69, 9.17) is 23.7 Å². The molecule has 0 amide bonds. The van der Waals surface area contributed by atoms with Gasteiger partial charge in [0, 0.05) is 22.6 Å². The Morgan fingerprint density at radius 1 is 0.926 bits per heavy atom. The second-order valence-corrected chi connectivity index (χ2v) is 7.04. The van der Waals surface area contributed by atoms with Crippen molar-refractivity contribution in [3.05, 3.63) is 35.9 Å². The molecule has 0 aliphatic carbocycles. The zero-order valence-electron chi connectivity index (χ0n) is 15.0. The molecule has 0 fully saturated rings. The first-order valence-electron chi connectivity index (χ1n) is 8.93. The zero-order chi connectivity index (χ0) is 18.1. The van der Waals surface area contributed by atoms with Crippen molar-refractivity contribution in [2.45, 2.75) is 6.54 Å². The lowest BCUT2D eigenvalue weighted by Crippen LogP contribution is -3.03. The van der Waals surface area contributed by atoms with Crippen LogP contribution in [0.1, 0.15) is 5.56 Å². The van der Waals surface area contributed by atoms with E-state index in [1.807, 2.05) is 6.07 Å². The summed E-state index contributed by atoms with van der Waals surface area (Å²) in [4.78, 5) is 1.29. The first-order valence-corrected chi connectivity index (χ1v) is 8.93. The van der Waals surface area contributed by atoms with Crippen LogP contribution in [0.4, 0.5) is 5.69 Å². The summed E-state index contributed by atoms with van der Waals surface area (Å²) >= 11 is 0. The average Bonchev–Trinajstić information content (AvgIpc) is 3.33. The SMILES string of the molecule is COc1cc2c(c3c1-c1ccc4cc5c(cc4c1[NH+](C)C3)OCO5)OCO2. The third-order valence-corrected chi connectivity index (χ3v) is 5.60. The number of ether oxygens (including phenoxy) is 5. The van der Waals surface area contributed by atoms with E-state index in [1.165, 1.54) is 16.0 Å². The molecule has 136 valence electrons. The number of methoxy groups -OCH3 is 1. The van der Waals surface area contributed by atoms with Gasteiger partial charge in [0.25, 0.3) is 0 Å². The first-order chi connectivity index (χ1) is 13.2. The summed E-state index contributed by atoms with van der Waals surface area (Å²) in [5.41, 5.74) is 4.60. The number of hydrogen-bond donors (Lipinski definition) is 1. The molecular weight excluding hydrogens is 346 g/mol. The Morgan fingerprint density at radius 3 is 2.56 bits per heavy atom. The maximum absolute atomic E-state index is 5.78. The Hall–Kier alpha value is -3.12. The van der Waals surface area contributed by atoms with Crippen molar-refractivity contribution in [2.24, 2.45) is 0 Å². The predicted octanol–water partition coefficient (Wildman–Crippen LogP) is 2.63. The molecule has 0 spiro atoms. The molecule has 6 nitrogen and oxygen atoms in total. The molecule has 0 bridgehead atoms. The molecule has 0 radical (unpaired) electrons. The molecule has 0 saturated carbocycles. The fourth-order valence-electron chi connectivity index (χ4n) is 4.45. The van der Waals surface area contributed by atoms with E-state index in [0.29, 0.717) is 0 Å². The molecule has 3 heterocycles. The van der Waals surface area contributed by atoms with E-state index >= 15 is 0 Å². The van der Waals surface area contributed by atoms with E-state index < -0.39 is 0 Å². The number of hydrogen-bond acceptors (Lipinski definition) is 5. The van der Waals surface area contributed by atoms with Crippen LogP contribution in [0.15, 0.2) is 30.3 Å². The van der Waals surface area contributed by atoms with Crippen molar-refractivity contribution >= 4 is 16.5 Å². The van der Waals surface area contributed by atoms with Crippen molar-refractivity contribution in [1.29, 1.82) is 0 Å². The molecule has 3 aliphatic heterocycles. The van der Waals surface area contributed by atoms with E-state index in [-0.39, 0.29) is 13.6 Å². The van der Waals surface area contributed by atoms with Gasteiger partial charge in [0.1, 0.15) is 18.0 Å². The highest BCUT2D eigenvalue weighted by Crippen LogP contribution is 2.51.